The van der Waals surface area contributed by atoms with Crippen molar-refractivity contribution in [1.29, 1.82) is 0 Å². The molecule has 3 N–H and O–H groups in total. The molecule has 0 aliphatic carbocycles. The Kier molecular flexibility index (Phi) is 7.30. The highest BCUT2D eigenvalue weighted by molar-refractivity contribution is 5.76. The van der Waals surface area contributed by atoms with Crippen LogP contribution in [0.1, 0.15) is 29.9 Å². The van der Waals surface area contributed by atoms with E-state index in [1.807, 2.05) is 72.9 Å². The number of furan rings is 1. The Hall–Kier alpha value is -3.25. The van der Waals surface area contributed by atoms with Crippen LogP contribution < -0.4 is 20.1 Å². The minimum Gasteiger partial charge on any atom is -0.493 e. The average molecular weight is 395 g/mol. The Labute approximate surface area is 170 Å². The standard InChI is InChI=1S/C23H26N2O4/c1-17(20-9-6-12-28-20)24-15-23(26)25-14-19-10-11-21(22(13-19)27-2)29-16-18-7-4-3-5-8-18/h3-13,17,24H,14-16H2,1-2H3,(H,25,26)/p+1/t17-/m1/s1. The van der Waals surface area contributed by atoms with Crippen LogP contribution in [0.3, 0.4) is 0 Å². The summed E-state index contributed by atoms with van der Waals surface area (Å²) in [5.74, 6) is 2.14. The third-order valence-corrected chi connectivity index (χ3v) is 4.60. The molecule has 1 aromatic heterocycles. The van der Waals surface area contributed by atoms with Crippen molar-refractivity contribution in [3.05, 3.63) is 83.8 Å². The van der Waals surface area contributed by atoms with Gasteiger partial charge in [0.25, 0.3) is 5.91 Å². The van der Waals surface area contributed by atoms with E-state index < -0.39 is 0 Å². The molecule has 0 aliphatic heterocycles. The molecule has 1 amide bonds. The first-order chi connectivity index (χ1) is 14.2. The molecule has 2 aromatic carbocycles. The highest BCUT2D eigenvalue weighted by atomic mass is 16.5. The summed E-state index contributed by atoms with van der Waals surface area (Å²) in [5.41, 5.74) is 2.03. The highest BCUT2D eigenvalue weighted by Gasteiger charge is 2.14. The Balaban J connectivity index is 1.48. The summed E-state index contributed by atoms with van der Waals surface area (Å²) in [5, 5.41) is 4.87. The maximum atomic E-state index is 12.1. The molecule has 6 heteroatoms. The fourth-order valence-electron chi connectivity index (χ4n) is 2.90. The zero-order valence-corrected chi connectivity index (χ0v) is 16.8. The summed E-state index contributed by atoms with van der Waals surface area (Å²) < 4.78 is 16.7. The third kappa shape index (κ3) is 6.12. The number of rotatable bonds is 10. The van der Waals surface area contributed by atoms with Gasteiger partial charge in [0.15, 0.2) is 23.8 Å². The van der Waals surface area contributed by atoms with Gasteiger partial charge in [-0.2, -0.15) is 0 Å². The fourth-order valence-corrected chi connectivity index (χ4v) is 2.90. The minimum atomic E-state index is -0.0354. The first kappa shape index (κ1) is 20.5. The van der Waals surface area contributed by atoms with Crippen molar-refractivity contribution in [3.63, 3.8) is 0 Å². The predicted molar refractivity (Wildman–Crippen MR) is 110 cm³/mol. The van der Waals surface area contributed by atoms with Crippen LogP contribution in [0.2, 0.25) is 0 Å². The molecule has 3 aromatic rings. The van der Waals surface area contributed by atoms with Crippen LogP contribution in [0.5, 0.6) is 11.5 Å². The first-order valence-corrected chi connectivity index (χ1v) is 9.63. The number of hydrogen-bond donors (Lipinski definition) is 2. The molecule has 6 nitrogen and oxygen atoms in total. The number of methoxy groups -OCH3 is 1. The van der Waals surface area contributed by atoms with E-state index in [-0.39, 0.29) is 11.9 Å². The third-order valence-electron chi connectivity index (χ3n) is 4.60. The van der Waals surface area contributed by atoms with Gasteiger partial charge in [-0.15, -0.1) is 0 Å². The van der Waals surface area contributed by atoms with Gasteiger partial charge in [-0.1, -0.05) is 36.4 Å². The van der Waals surface area contributed by atoms with E-state index in [0.717, 1.165) is 16.9 Å². The van der Waals surface area contributed by atoms with Crippen LogP contribution in [0.25, 0.3) is 0 Å². The maximum Gasteiger partial charge on any atom is 0.275 e. The van der Waals surface area contributed by atoms with Gasteiger partial charge >= 0.3 is 0 Å². The second-order valence-electron chi connectivity index (χ2n) is 6.78. The lowest BCUT2D eigenvalue weighted by Gasteiger charge is -2.13. The molecule has 3 rings (SSSR count). The van der Waals surface area contributed by atoms with Crippen molar-refractivity contribution in [1.82, 2.24) is 5.32 Å². The summed E-state index contributed by atoms with van der Waals surface area (Å²) in [6.45, 7) is 3.23. The summed E-state index contributed by atoms with van der Waals surface area (Å²) in [4.78, 5) is 12.1. The SMILES string of the molecule is COc1cc(CNC(=O)C[NH2+][C@H](C)c2ccco2)ccc1OCc1ccccc1. The number of benzene rings is 2. The van der Waals surface area contributed by atoms with Crippen molar-refractivity contribution < 1.29 is 24.0 Å². The molecule has 0 saturated carbocycles. The molecule has 29 heavy (non-hydrogen) atoms. The van der Waals surface area contributed by atoms with E-state index >= 15 is 0 Å². The molecule has 0 unspecified atom stereocenters. The van der Waals surface area contributed by atoms with E-state index in [2.05, 4.69) is 5.32 Å². The lowest BCUT2D eigenvalue weighted by molar-refractivity contribution is -0.684. The second kappa shape index (κ2) is 10.3. The molecule has 0 radical (unpaired) electrons. The van der Waals surface area contributed by atoms with Crippen LogP contribution in [-0.2, 0) is 17.9 Å². The van der Waals surface area contributed by atoms with Crippen molar-refractivity contribution in [3.8, 4) is 11.5 Å². The average Bonchev–Trinajstić information content (AvgIpc) is 3.30. The Morgan fingerprint density at radius 1 is 1.07 bits per heavy atom. The molecule has 0 spiro atoms. The van der Waals surface area contributed by atoms with E-state index in [1.54, 1.807) is 13.4 Å². The van der Waals surface area contributed by atoms with Gasteiger partial charge in [0.2, 0.25) is 0 Å². The fraction of sp³-hybridized carbons (Fsp3) is 0.261. The number of nitrogens with two attached hydrogens (primary N) is 1. The monoisotopic (exact) mass is 395 g/mol. The van der Waals surface area contributed by atoms with Gasteiger partial charge < -0.3 is 24.5 Å². The molecule has 152 valence electrons. The predicted octanol–water partition coefficient (Wildman–Crippen LogP) is 2.81. The molecule has 0 saturated heterocycles. The van der Waals surface area contributed by atoms with E-state index in [4.69, 9.17) is 13.9 Å². The Bertz CT molecular complexity index is 895. The number of carbonyl (C=O) groups is 1. The Morgan fingerprint density at radius 2 is 1.90 bits per heavy atom. The highest BCUT2D eigenvalue weighted by Crippen LogP contribution is 2.28. The lowest BCUT2D eigenvalue weighted by atomic mass is 10.2. The van der Waals surface area contributed by atoms with Gasteiger partial charge in [0.05, 0.1) is 13.4 Å². The molecule has 1 atom stereocenters. The smallest absolute Gasteiger partial charge is 0.275 e. The number of carbonyl (C=O) groups excluding carboxylic acids is 1. The van der Waals surface area contributed by atoms with Gasteiger partial charge in [0.1, 0.15) is 12.6 Å². The van der Waals surface area contributed by atoms with Crippen LogP contribution in [0.4, 0.5) is 0 Å². The molecule has 0 aliphatic rings. The molecular formula is C23H27N2O4+. The number of amides is 1. The molecule has 1 heterocycles. The summed E-state index contributed by atoms with van der Waals surface area (Å²) in [6.07, 6.45) is 1.64. The zero-order chi connectivity index (χ0) is 20.5. The number of ether oxygens (including phenoxy) is 2. The maximum absolute atomic E-state index is 12.1. The summed E-state index contributed by atoms with van der Waals surface area (Å²) in [7, 11) is 1.61. The molecule has 0 bridgehead atoms. The first-order valence-electron chi connectivity index (χ1n) is 9.63. The van der Waals surface area contributed by atoms with Crippen molar-refractivity contribution in [2.24, 2.45) is 0 Å². The van der Waals surface area contributed by atoms with Gasteiger partial charge in [-0.3, -0.25) is 4.79 Å². The van der Waals surface area contributed by atoms with Crippen LogP contribution in [-0.4, -0.2) is 19.6 Å². The normalized spacial score (nSPS) is 11.7. The van der Waals surface area contributed by atoms with E-state index in [1.165, 1.54) is 0 Å². The van der Waals surface area contributed by atoms with Crippen molar-refractivity contribution >= 4 is 5.91 Å². The quantitative estimate of drug-likeness (QED) is 0.553. The summed E-state index contributed by atoms with van der Waals surface area (Å²) >= 11 is 0. The van der Waals surface area contributed by atoms with Crippen LogP contribution in [0, 0.1) is 0 Å². The molecule has 0 fully saturated rings. The second-order valence-corrected chi connectivity index (χ2v) is 6.78. The van der Waals surface area contributed by atoms with Crippen molar-refractivity contribution in [2.45, 2.75) is 26.1 Å². The largest absolute Gasteiger partial charge is 0.493 e. The van der Waals surface area contributed by atoms with Crippen LogP contribution >= 0.6 is 0 Å². The van der Waals surface area contributed by atoms with Gasteiger partial charge in [-0.25, -0.2) is 0 Å². The molecular weight excluding hydrogens is 368 g/mol. The van der Waals surface area contributed by atoms with Crippen molar-refractivity contribution in [2.75, 3.05) is 13.7 Å². The van der Waals surface area contributed by atoms with E-state index in [9.17, 15) is 4.79 Å². The summed E-state index contributed by atoms with van der Waals surface area (Å²) in [6, 6.07) is 19.5. The lowest BCUT2D eigenvalue weighted by Crippen LogP contribution is -2.86. The number of nitrogens with one attached hydrogen (secondary N) is 1. The minimum absolute atomic E-state index is 0.0354. The Morgan fingerprint density at radius 3 is 2.62 bits per heavy atom. The van der Waals surface area contributed by atoms with Crippen LogP contribution in [0.15, 0.2) is 71.3 Å². The van der Waals surface area contributed by atoms with E-state index in [0.29, 0.717) is 31.2 Å². The number of quaternary nitrogens is 1. The topological polar surface area (TPSA) is 77.3 Å². The zero-order valence-electron chi connectivity index (χ0n) is 16.8. The van der Waals surface area contributed by atoms with Gasteiger partial charge in [-0.05, 0) is 42.3 Å². The van der Waals surface area contributed by atoms with Gasteiger partial charge in [0, 0.05) is 6.54 Å². The number of hydrogen-bond acceptors (Lipinski definition) is 4.